The molecule has 0 bridgehead atoms. The summed E-state index contributed by atoms with van der Waals surface area (Å²) in [5.41, 5.74) is 12.6. The minimum atomic E-state index is -4.37. The molecule has 0 amide bonds. The largest absolute Gasteiger partial charge is 0.416 e. The molecule has 4 nitrogen and oxygen atoms in total. The van der Waals surface area contributed by atoms with E-state index >= 15 is 0 Å². The van der Waals surface area contributed by atoms with Crippen molar-refractivity contribution in [3.8, 4) is 11.1 Å². The lowest BCUT2D eigenvalue weighted by molar-refractivity contribution is -0.137. The van der Waals surface area contributed by atoms with Crippen LogP contribution < -0.4 is 11.5 Å². The summed E-state index contributed by atoms with van der Waals surface area (Å²) in [5, 5.41) is 0. The van der Waals surface area contributed by atoms with Crippen molar-refractivity contribution in [1.82, 2.24) is 9.97 Å². The van der Waals surface area contributed by atoms with E-state index < -0.39 is 11.7 Å². The van der Waals surface area contributed by atoms with Gasteiger partial charge in [-0.3, -0.25) is 0 Å². The molecule has 0 atom stereocenters. The van der Waals surface area contributed by atoms with Crippen molar-refractivity contribution in [3.05, 3.63) is 35.5 Å². The summed E-state index contributed by atoms with van der Waals surface area (Å²) in [6, 6.07) is 4.80. The molecule has 2 aromatic rings. The van der Waals surface area contributed by atoms with Gasteiger partial charge in [0.2, 0.25) is 5.95 Å². The highest BCUT2D eigenvalue weighted by atomic mass is 19.4. The third-order valence-electron chi connectivity index (χ3n) is 3.30. The van der Waals surface area contributed by atoms with E-state index in [2.05, 4.69) is 9.97 Å². The molecule has 7 heteroatoms. The second kappa shape index (κ2) is 6.21. The molecule has 2 rings (SSSR count). The summed E-state index contributed by atoms with van der Waals surface area (Å²) < 4.78 is 37.9. The van der Waals surface area contributed by atoms with Crippen molar-refractivity contribution in [1.29, 1.82) is 0 Å². The van der Waals surface area contributed by atoms with E-state index in [1.165, 1.54) is 12.1 Å². The Bertz CT molecular complexity index is 651. The van der Waals surface area contributed by atoms with E-state index in [1.54, 1.807) is 0 Å². The van der Waals surface area contributed by atoms with Crippen LogP contribution in [0, 0.1) is 0 Å². The highest BCUT2D eigenvalue weighted by molar-refractivity contribution is 5.76. The summed E-state index contributed by atoms with van der Waals surface area (Å²) in [5.74, 6) is 0.248. The van der Waals surface area contributed by atoms with Gasteiger partial charge in [-0.1, -0.05) is 25.5 Å². The molecule has 118 valence electrons. The van der Waals surface area contributed by atoms with Gasteiger partial charge in [-0.05, 0) is 30.5 Å². The Morgan fingerprint density at radius 1 is 1.05 bits per heavy atom. The Morgan fingerprint density at radius 2 is 1.68 bits per heavy atom. The number of alkyl halides is 3. The molecule has 0 aliphatic heterocycles. The van der Waals surface area contributed by atoms with Gasteiger partial charge in [0.25, 0.3) is 0 Å². The van der Waals surface area contributed by atoms with Crippen molar-refractivity contribution in [2.45, 2.75) is 32.4 Å². The van der Waals surface area contributed by atoms with Crippen molar-refractivity contribution < 1.29 is 13.2 Å². The lowest BCUT2D eigenvalue weighted by Gasteiger charge is -2.13. The molecule has 0 aliphatic rings. The molecule has 1 aromatic carbocycles. The molecule has 0 unspecified atom stereocenters. The van der Waals surface area contributed by atoms with E-state index in [0.717, 1.165) is 25.0 Å². The first-order valence-electron chi connectivity index (χ1n) is 6.92. The van der Waals surface area contributed by atoms with Crippen LogP contribution in [0.15, 0.2) is 24.3 Å². The molecule has 0 aliphatic carbocycles. The number of aryl methyl sites for hydroxylation is 1. The Hall–Kier alpha value is -2.31. The zero-order chi connectivity index (χ0) is 16.3. The zero-order valence-corrected chi connectivity index (χ0v) is 12.1. The number of hydrogen-bond acceptors (Lipinski definition) is 4. The molecule has 0 radical (unpaired) electrons. The van der Waals surface area contributed by atoms with Crippen LogP contribution in [-0.2, 0) is 12.6 Å². The number of hydrogen-bond donors (Lipinski definition) is 2. The summed E-state index contributed by atoms with van der Waals surface area (Å²) in [6.07, 6.45) is -1.89. The predicted molar refractivity (Wildman–Crippen MR) is 79.9 cm³/mol. The molecule has 0 fully saturated rings. The van der Waals surface area contributed by atoms with Crippen molar-refractivity contribution in [2.24, 2.45) is 0 Å². The maximum absolute atomic E-state index is 12.6. The number of nitrogens with zero attached hydrogens (tertiary/aromatic N) is 2. The fourth-order valence-corrected chi connectivity index (χ4v) is 2.21. The summed E-state index contributed by atoms with van der Waals surface area (Å²) in [4.78, 5) is 8.10. The van der Waals surface area contributed by atoms with E-state index in [9.17, 15) is 13.2 Å². The van der Waals surface area contributed by atoms with Gasteiger partial charge in [0.05, 0.1) is 11.3 Å². The number of anilines is 2. The quantitative estimate of drug-likeness (QED) is 0.903. The number of aromatic nitrogens is 2. The fraction of sp³-hybridized carbons (Fsp3) is 0.333. The first-order chi connectivity index (χ1) is 10.3. The summed E-state index contributed by atoms with van der Waals surface area (Å²) in [7, 11) is 0. The second-order valence-electron chi connectivity index (χ2n) is 4.97. The van der Waals surface area contributed by atoms with Gasteiger partial charge in [0.1, 0.15) is 5.82 Å². The molecule has 22 heavy (non-hydrogen) atoms. The van der Waals surface area contributed by atoms with Crippen LogP contribution >= 0.6 is 0 Å². The topological polar surface area (TPSA) is 77.8 Å². The Morgan fingerprint density at radius 3 is 2.23 bits per heavy atom. The second-order valence-corrected chi connectivity index (χ2v) is 4.97. The van der Waals surface area contributed by atoms with Crippen molar-refractivity contribution >= 4 is 11.8 Å². The minimum Gasteiger partial charge on any atom is -0.383 e. The number of benzene rings is 1. The molecular formula is C15H17F3N4. The van der Waals surface area contributed by atoms with Gasteiger partial charge in [-0.25, -0.2) is 4.98 Å². The Kier molecular flexibility index (Phi) is 4.54. The maximum atomic E-state index is 12.6. The van der Waals surface area contributed by atoms with E-state index in [-0.39, 0.29) is 11.8 Å². The molecule has 0 spiro atoms. The normalized spacial score (nSPS) is 11.6. The van der Waals surface area contributed by atoms with E-state index in [4.69, 9.17) is 11.5 Å². The lowest BCUT2D eigenvalue weighted by atomic mass is 10.00. The first-order valence-corrected chi connectivity index (χ1v) is 6.92. The van der Waals surface area contributed by atoms with Crippen LogP contribution in [-0.4, -0.2) is 9.97 Å². The van der Waals surface area contributed by atoms with E-state index in [0.29, 0.717) is 23.2 Å². The van der Waals surface area contributed by atoms with Crippen LogP contribution in [0.2, 0.25) is 0 Å². The van der Waals surface area contributed by atoms with Gasteiger partial charge < -0.3 is 11.5 Å². The van der Waals surface area contributed by atoms with E-state index in [1.807, 2.05) is 6.92 Å². The lowest BCUT2D eigenvalue weighted by Crippen LogP contribution is -2.08. The van der Waals surface area contributed by atoms with Crippen LogP contribution in [0.25, 0.3) is 11.1 Å². The van der Waals surface area contributed by atoms with Crippen molar-refractivity contribution in [3.63, 3.8) is 0 Å². The Labute approximate surface area is 126 Å². The number of unbranched alkanes of at least 4 members (excludes halogenated alkanes) is 1. The van der Waals surface area contributed by atoms with Crippen LogP contribution in [0.4, 0.5) is 24.9 Å². The molecule has 1 heterocycles. The molecule has 1 aromatic heterocycles. The third-order valence-corrected chi connectivity index (χ3v) is 3.30. The van der Waals surface area contributed by atoms with Crippen LogP contribution in [0.1, 0.15) is 31.0 Å². The Balaban J connectivity index is 2.47. The molecule has 4 N–H and O–H groups in total. The molecule has 0 saturated heterocycles. The monoisotopic (exact) mass is 310 g/mol. The SMILES string of the molecule is CCCCc1nc(N)nc(N)c1-c1ccc(C(F)(F)F)cc1. The van der Waals surface area contributed by atoms with Gasteiger partial charge in [-0.15, -0.1) is 0 Å². The molecular weight excluding hydrogens is 293 g/mol. The van der Waals surface area contributed by atoms with Crippen molar-refractivity contribution in [2.75, 3.05) is 11.5 Å². The van der Waals surface area contributed by atoms with Gasteiger partial charge in [-0.2, -0.15) is 18.2 Å². The zero-order valence-electron chi connectivity index (χ0n) is 12.1. The average Bonchev–Trinajstić information content (AvgIpc) is 2.43. The van der Waals surface area contributed by atoms with Crippen LogP contribution in [0.3, 0.4) is 0 Å². The molecule has 0 saturated carbocycles. The highest BCUT2D eigenvalue weighted by Crippen LogP contribution is 2.33. The smallest absolute Gasteiger partial charge is 0.383 e. The number of halogens is 3. The minimum absolute atomic E-state index is 0.0688. The van der Waals surface area contributed by atoms with Gasteiger partial charge in [0, 0.05) is 5.56 Å². The fourth-order valence-electron chi connectivity index (χ4n) is 2.21. The summed E-state index contributed by atoms with van der Waals surface area (Å²) in [6.45, 7) is 2.03. The highest BCUT2D eigenvalue weighted by Gasteiger charge is 2.30. The summed E-state index contributed by atoms with van der Waals surface area (Å²) >= 11 is 0. The number of nitrogen functional groups attached to an aromatic ring is 2. The standard InChI is InChI=1S/C15H17F3N4/c1-2-3-4-11-12(13(19)22-14(20)21-11)9-5-7-10(8-6-9)15(16,17)18/h5-8H,2-4H2,1H3,(H4,19,20,21,22). The first kappa shape index (κ1) is 16.1. The third kappa shape index (κ3) is 3.47. The van der Waals surface area contributed by atoms with Crippen LogP contribution in [0.5, 0.6) is 0 Å². The number of nitrogens with two attached hydrogens (primary N) is 2. The van der Waals surface area contributed by atoms with Gasteiger partial charge in [0.15, 0.2) is 0 Å². The average molecular weight is 310 g/mol. The maximum Gasteiger partial charge on any atom is 0.416 e. The predicted octanol–water partition coefficient (Wildman–Crippen LogP) is 3.67. The number of rotatable bonds is 4. The van der Waals surface area contributed by atoms with Gasteiger partial charge >= 0.3 is 6.18 Å².